The SMILES string of the molecule is CCCCOP(=O)(OC)OCn1cc(C(=O)C(=O)N2CCN(C(=O)c3ccccc3)CC2)c2c(F)cnc(-n3ccnn3)c21. The Balaban J connectivity index is 1.42. The maximum Gasteiger partial charge on any atom is 0.476 e. The molecular weight excluding hydrogens is 596 g/mol. The summed E-state index contributed by atoms with van der Waals surface area (Å²) in [5.41, 5.74) is 0.317. The number of hydrogen-bond acceptors (Lipinski definition) is 10. The molecule has 16 heteroatoms. The number of carbonyl (C=O) groups excluding carboxylic acids is 3. The molecule has 4 heterocycles. The van der Waals surface area contributed by atoms with Crippen LogP contribution < -0.4 is 0 Å². The molecule has 1 unspecified atom stereocenters. The molecule has 2 amide bonds. The van der Waals surface area contributed by atoms with Crippen molar-refractivity contribution in [1.82, 2.24) is 34.3 Å². The predicted octanol–water partition coefficient (Wildman–Crippen LogP) is 3.47. The Morgan fingerprint density at radius 2 is 1.77 bits per heavy atom. The molecule has 0 saturated carbocycles. The summed E-state index contributed by atoms with van der Waals surface area (Å²) < 4.78 is 46.8. The van der Waals surface area contributed by atoms with E-state index in [-0.39, 0.29) is 61.0 Å². The van der Waals surface area contributed by atoms with Crippen molar-refractivity contribution >= 4 is 36.3 Å². The number of nitrogens with zero attached hydrogens (tertiary/aromatic N) is 7. The van der Waals surface area contributed by atoms with Crippen LogP contribution in [0.1, 0.15) is 40.5 Å². The number of pyridine rings is 1. The minimum Gasteiger partial charge on any atom is -0.335 e. The molecule has 1 saturated heterocycles. The molecule has 4 aromatic rings. The van der Waals surface area contributed by atoms with Crippen molar-refractivity contribution in [2.45, 2.75) is 26.5 Å². The van der Waals surface area contributed by atoms with E-state index in [2.05, 4.69) is 15.3 Å². The lowest BCUT2D eigenvalue weighted by atomic mass is 10.1. The molecule has 5 rings (SSSR count). The van der Waals surface area contributed by atoms with E-state index in [1.54, 1.807) is 29.2 Å². The van der Waals surface area contributed by atoms with Gasteiger partial charge in [0.2, 0.25) is 0 Å². The summed E-state index contributed by atoms with van der Waals surface area (Å²) in [7, 11) is -2.84. The minimum absolute atomic E-state index is 0.0427. The highest BCUT2D eigenvalue weighted by Gasteiger charge is 2.33. The number of rotatable bonds is 12. The van der Waals surface area contributed by atoms with Crippen molar-refractivity contribution in [3.63, 3.8) is 0 Å². The summed E-state index contributed by atoms with van der Waals surface area (Å²) in [6.07, 6.45) is 6.40. The van der Waals surface area contributed by atoms with E-state index >= 15 is 4.39 Å². The normalized spacial score (nSPS) is 15.0. The van der Waals surface area contributed by atoms with Crippen LogP contribution in [0.25, 0.3) is 16.7 Å². The standard InChI is InChI=1S/C28H31FN7O7P/c1-3-4-16-42-44(40,41-2)43-19-35-18-21(23-22(29)17-30-26(24(23)35)36-11-10-31-32-36)25(37)28(39)34-14-12-33(13-15-34)27(38)20-8-6-5-7-9-20/h5-11,17-18H,3-4,12-16,19H2,1-2H3. The first-order valence-corrected chi connectivity index (χ1v) is 15.4. The number of carbonyl (C=O) groups is 3. The van der Waals surface area contributed by atoms with Gasteiger partial charge in [0.05, 0.1) is 41.7 Å². The maximum absolute atomic E-state index is 15.4. The number of unbranched alkanes of at least 4 members (excludes halogenated alkanes) is 1. The number of aromatic nitrogens is 5. The topological polar surface area (TPSA) is 151 Å². The Hall–Kier alpha value is -4.30. The first kappa shape index (κ1) is 31.1. The summed E-state index contributed by atoms with van der Waals surface area (Å²) in [6.45, 7) is 2.24. The van der Waals surface area contributed by atoms with E-state index in [0.29, 0.717) is 12.0 Å². The average molecular weight is 628 g/mol. The van der Waals surface area contributed by atoms with E-state index in [4.69, 9.17) is 13.6 Å². The Morgan fingerprint density at radius 1 is 1.05 bits per heavy atom. The van der Waals surface area contributed by atoms with Gasteiger partial charge < -0.3 is 14.4 Å². The summed E-state index contributed by atoms with van der Waals surface area (Å²) in [5, 5.41) is 7.48. The third-order valence-corrected chi connectivity index (χ3v) is 8.49. The summed E-state index contributed by atoms with van der Waals surface area (Å²) in [5.74, 6) is -2.79. The minimum atomic E-state index is -4.01. The fourth-order valence-electron chi connectivity index (χ4n) is 4.78. The second-order valence-corrected chi connectivity index (χ2v) is 11.6. The number of phosphoric acid groups is 1. The first-order chi connectivity index (χ1) is 21.3. The second-order valence-electron chi connectivity index (χ2n) is 9.87. The number of piperazine rings is 1. The first-order valence-electron chi connectivity index (χ1n) is 13.9. The molecule has 232 valence electrons. The van der Waals surface area contributed by atoms with Crippen molar-refractivity contribution in [1.29, 1.82) is 0 Å². The van der Waals surface area contributed by atoms with Gasteiger partial charge in [-0.2, -0.15) is 0 Å². The van der Waals surface area contributed by atoms with Gasteiger partial charge in [0, 0.05) is 45.0 Å². The molecule has 3 aromatic heterocycles. The molecule has 0 aliphatic carbocycles. The average Bonchev–Trinajstić information content (AvgIpc) is 3.73. The number of Topliss-reactive ketones (excluding diaryl/α,β-unsaturated/α-hetero) is 1. The number of halogens is 1. The monoisotopic (exact) mass is 627 g/mol. The van der Waals surface area contributed by atoms with Gasteiger partial charge in [-0.1, -0.05) is 36.8 Å². The summed E-state index contributed by atoms with van der Waals surface area (Å²) in [4.78, 5) is 46.9. The Labute approximate surface area is 251 Å². The molecule has 1 fully saturated rings. The van der Waals surface area contributed by atoms with Crippen molar-refractivity contribution in [2.24, 2.45) is 0 Å². The van der Waals surface area contributed by atoms with Gasteiger partial charge in [-0.15, -0.1) is 5.10 Å². The summed E-state index contributed by atoms with van der Waals surface area (Å²) >= 11 is 0. The molecule has 1 atom stereocenters. The van der Waals surface area contributed by atoms with E-state index in [1.807, 2.05) is 13.0 Å². The number of ketones is 1. The van der Waals surface area contributed by atoms with E-state index in [1.165, 1.54) is 39.8 Å². The van der Waals surface area contributed by atoms with Crippen LogP contribution >= 0.6 is 7.82 Å². The number of phosphoric ester groups is 1. The summed E-state index contributed by atoms with van der Waals surface area (Å²) in [6, 6.07) is 8.77. The third kappa shape index (κ3) is 6.45. The van der Waals surface area contributed by atoms with Crippen molar-refractivity contribution in [3.8, 4) is 5.82 Å². The van der Waals surface area contributed by atoms with Crippen LogP contribution in [0.4, 0.5) is 4.39 Å². The number of benzene rings is 1. The lowest BCUT2D eigenvalue weighted by molar-refractivity contribution is -0.127. The van der Waals surface area contributed by atoms with Crippen LogP contribution in [0.15, 0.2) is 55.1 Å². The molecule has 1 aliphatic rings. The zero-order valence-corrected chi connectivity index (χ0v) is 25.1. The van der Waals surface area contributed by atoms with E-state index < -0.39 is 32.1 Å². The highest BCUT2D eigenvalue weighted by atomic mass is 31.2. The van der Waals surface area contributed by atoms with Crippen LogP contribution in [0.5, 0.6) is 0 Å². The van der Waals surface area contributed by atoms with Gasteiger partial charge >= 0.3 is 7.82 Å². The Morgan fingerprint density at radius 3 is 2.43 bits per heavy atom. The third-order valence-electron chi connectivity index (χ3n) is 7.11. The lowest BCUT2D eigenvalue weighted by Crippen LogP contribution is -2.52. The fraction of sp³-hybridized carbons (Fsp3) is 0.357. The van der Waals surface area contributed by atoms with Gasteiger partial charge in [0.15, 0.2) is 11.6 Å². The number of amides is 2. The van der Waals surface area contributed by atoms with Gasteiger partial charge in [-0.25, -0.2) is 18.6 Å². The molecule has 14 nitrogen and oxygen atoms in total. The predicted molar refractivity (Wildman–Crippen MR) is 154 cm³/mol. The van der Waals surface area contributed by atoms with Gasteiger partial charge in [0.25, 0.3) is 17.6 Å². The van der Waals surface area contributed by atoms with Gasteiger partial charge in [-0.3, -0.25) is 28.0 Å². The lowest BCUT2D eigenvalue weighted by Gasteiger charge is -2.34. The molecule has 1 aromatic carbocycles. The van der Waals surface area contributed by atoms with E-state index in [9.17, 15) is 18.9 Å². The molecule has 1 aliphatic heterocycles. The number of fused-ring (bicyclic) bond motifs is 1. The molecule has 0 radical (unpaired) electrons. The molecule has 0 spiro atoms. The van der Waals surface area contributed by atoms with Gasteiger partial charge in [0.1, 0.15) is 6.73 Å². The Kier molecular flexibility index (Phi) is 9.59. The van der Waals surface area contributed by atoms with Crippen LogP contribution in [-0.4, -0.2) is 91.8 Å². The van der Waals surface area contributed by atoms with E-state index in [0.717, 1.165) is 12.6 Å². The van der Waals surface area contributed by atoms with Crippen LogP contribution in [0.2, 0.25) is 0 Å². The molecular formula is C28H31FN7O7P. The highest BCUT2D eigenvalue weighted by molar-refractivity contribution is 7.48. The smallest absolute Gasteiger partial charge is 0.335 e. The quantitative estimate of drug-likeness (QED) is 0.0989. The van der Waals surface area contributed by atoms with Crippen molar-refractivity contribution in [3.05, 3.63) is 72.1 Å². The molecule has 0 N–H and O–H groups in total. The Bertz CT molecular complexity index is 1690. The largest absolute Gasteiger partial charge is 0.476 e. The molecule has 0 bridgehead atoms. The maximum atomic E-state index is 15.4. The van der Waals surface area contributed by atoms with Crippen molar-refractivity contribution in [2.75, 3.05) is 39.9 Å². The van der Waals surface area contributed by atoms with Crippen LogP contribution in [0.3, 0.4) is 0 Å². The van der Waals surface area contributed by atoms with Crippen LogP contribution in [-0.2, 0) is 29.7 Å². The number of hydrogen-bond donors (Lipinski definition) is 0. The van der Waals surface area contributed by atoms with Crippen LogP contribution in [0, 0.1) is 5.82 Å². The zero-order chi connectivity index (χ0) is 31.3. The second kappa shape index (κ2) is 13.6. The van der Waals surface area contributed by atoms with Gasteiger partial charge in [-0.05, 0) is 18.6 Å². The van der Waals surface area contributed by atoms with Crippen molar-refractivity contribution < 1.29 is 36.9 Å². The highest BCUT2D eigenvalue weighted by Crippen LogP contribution is 2.49. The fourth-order valence-corrected chi connectivity index (χ4v) is 5.68. The molecule has 44 heavy (non-hydrogen) atoms. The zero-order valence-electron chi connectivity index (χ0n) is 24.2.